The zero-order valence-corrected chi connectivity index (χ0v) is 20.0. The van der Waals surface area contributed by atoms with Crippen LogP contribution in [0.15, 0.2) is 36.2 Å². The number of fused-ring (bicyclic) bond motifs is 3. The molecule has 1 heterocycles. The Balaban J connectivity index is 1.20. The molecule has 1 aromatic carbocycles. The molecule has 1 aliphatic heterocycles. The van der Waals surface area contributed by atoms with E-state index in [0.29, 0.717) is 36.8 Å². The fourth-order valence-corrected chi connectivity index (χ4v) is 6.63. The van der Waals surface area contributed by atoms with Crippen molar-refractivity contribution in [3.63, 3.8) is 0 Å². The number of rotatable bonds is 8. The second kappa shape index (κ2) is 9.05. The molecule has 0 radical (unpaired) electrons. The van der Waals surface area contributed by atoms with Gasteiger partial charge >= 0.3 is 0 Å². The zero-order valence-electron chi connectivity index (χ0n) is 20.0. The Morgan fingerprint density at radius 1 is 1.06 bits per heavy atom. The maximum atomic E-state index is 13.5. The average molecular weight is 456 g/mol. The SMILES string of the molecule is CC/C(=C\F)COc1ccc(C23CCC(C(=O)NC4(C5CCOCC5)CC4)(CC2)CC3)cc1. The van der Waals surface area contributed by atoms with E-state index in [9.17, 15) is 9.18 Å². The van der Waals surface area contributed by atoms with Crippen molar-refractivity contribution in [2.75, 3.05) is 19.8 Å². The molecule has 4 nitrogen and oxygen atoms in total. The molecule has 4 saturated carbocycles. The topological polar surface area (TPSA) is 47.6 Å². The fraction of sp³-hybridized carbons (Fsp3) is 0.679. The summed E-state index contributed by atoms with van der Waals surface area (Å²) in [5, 5.41) is 3.57. The van der Waals surface area contributed by atoms with Crippen LogP contribution < -0.4 is 10.1 Å². The third kappa shape index (κ3) is 4.34. The number of amides is 1. The number of ether oxygens (including phenoxy) is 2. The van der Waals surface area contributed by atoms with Crippen LogP contribution in [0.25, 0.3) is 0 Å². The second-order valence-corrected chi connectivity index (χ2v) is 11.0. The molecule has 0 aromatic heterocycles. The first-order valence-electron chi connectivity index (χ1n) is 13.0. The van der Waals surface area contributed by atoms with E-state index in [0.717, 1.165) is 83.2 Å². The first-order valence-corrected chi connectivity index (χ1v) is 13.0. The van der Waals surface area contributed by atoms with Gasteiger partial charge in [0, 0.05) is 24.2 Å². The number of hydrogen-bond donors (Lipinski definition) is 1. The van der Waals surface area contributed by atoms with E-state index in [1.54, 1.807) is 0 Å². The van der Waals surface area contributed by atoms with E-state index in [1.165, 1.54) is 5.56 Å². The summed E-state index contributed by atoms with van der Waals surface area (Å²) < 4.78 is 24.1. The minimum atomic E-state index is -0.166. The molecule has 33 heavy (non-hydrogen) atoms. The lowest BCUT2D eigenvalue weighted by molar-refractivity contribution is -0.139. The Labute approximate surface area is 197 Å². The third-order valence-electron chi connectivity index (χ3n) is 9.38. The Kier molecular flexibility index (Phi) is 6.28. The molecule has 1 N–H and O–H groups in total. The highest BCUT2D eigenvalue weighted by molar-refractivity contribution is 5.84. The lowest BCUT2D eigenvalue weighted by atomic mass is 9.51. The number of carbonyl (C=O) groups excluding carboxylic acids is 1. The summed E-state index contributed by atoms with van der Waals surface area (Å²) in [6.45, 7) is 3.90. The summed E-state index contributed by atoms with van der Waals surface area (Å²) in [7, 11) is 0. The molecule has 2 bridgehead atoms. The van der Waals surface area contributed by atoms with Crippen molar-refractivity contribution in [3.05, 3.63) is 41.7 Å². The standard InChI is InChI=1S/C28H38FNO3/c1-2-21(19-29)20-33-24-5-3-22(4-6-24)26-9-12-27(13-10-26,14-11-26)25(31)30-28(15-16-28)23-7-17-32-18-8-23/h3-6,19,23H,2,7-18,20H2,1H3,(H,30,31)/b21-19+. The summed E-state index contributed by atoms with van der Waals surface area (Å²) in [5.41, 5.74) is 2.11. The van der Waals surface area contributed by atoms with Crippen molar-refractivity contribution in [2.24, 2.45) is 11.3 Å². The molecule has 0 atom stereocenters. The molecule has 5 heteroatoms. The van der Waals surface area contributed by atoms with Gasteiger partial charge in [0.05, 0.1) is 6.33 Å². The zero-order chi connectivity index (χ0) is 22.9. The van der Waals surface area contributed by atoms with E-state index < -0.39 is 0 Å². The fourth-order valence-electron chi connectivity index (χ4n) is 6.63. The molecule has 180 valence electrons. The van der Waals surface area contributed by atoms with Crippen molar-refractivity contribution in [1.29, 1.82) is 0 Å². The van der Waals surface area contributed by atoms with Gasteiger partial charge in [0.25, 0.3) is 0 Å². The molecule has 6 rings (SSSR count). The molecule has 4 aliphatic carbocycles. The van der Waals surface area contributed by atoms with Gasteiger partial charge in [0.1, 0.15) is 12.4 Å². The number of carbonyl (C=O) groups is 1. The van der Waals surface area contributed by atoms with Gasteiger partial charge in [-0.05, 0) is 105 Å². The summed E-state index contributed by atoms with van der Waals surface area (Å²) in [5.74, 6) is 1.70. The van der Waals surface area contributed by atoms with E-state index in [2.05, 4.69) is 17.4 Å². The molecular weight excluding hydrogens is 417 g/mol. The smallest absolute Gasteiger partial charge is 0.226 e. The lowest BCUT2D eigenvalue weighted by Gasteiger charge is -2.53. The molecule has 1 saturated heterocycles. The highest BCUT2D eigenvalue weighted by Gasteiger charge is 2.57. The number of nitrogens with one attached hydrogen (secondary N) is 1. The van der Waals surface area contributed by atoms with Crippen LogP contribution in [-0.4, -0.2) is 31.3 Å². The monoisotopic (exact) mass is 455 g/mol. The van der Waals surface area contributed by atoms with Crippen LogP contribution >= 0.6 is 0 Å². The van der Waals surface area contributed by atoms with Crippen molar-refractivity contribution in [3.8, 4) is 5.75 Å². The molecule has 1 amide bonds. The Hall–Kier alpha value is -1.88. The van der Waals surface area contributed by atoms with Crippen molar-refractivity contribution >= 4 is 5.91 Å². The highest BCUT2D eigenvalue weighted by Crippen LogP contribution is 2.58. The van der Waals surface area contributed by atoms with Crippen molar-refractivity contribution in [1.82, 2.24) is 5.32 Å². The Morgan fingerprint density at radius 3 is 2.24 bits per heavy atom. The van der Waals surface area contributed by atoms with Gasteiger partial charge in [0.2, 0.25) is 5.91 Å². The lowest BCUT2D eigenvalue weighted by Crippen LogP contribution is -2.55. The summed E-state index contributed by atoms with van der Waals surface area (Å²) in [6, 6.07) is 8.40. The minimum absolute atomic E-state index is 0.0619. The maximum absolute atomic E-state index is 13.5. The van der Waals surface area contributed by atoms with Crippen molar-refractivity contribution in [2.45, 2.75) is 88.5 Å². The van der Waals surface area contributed by atoms with E-state index >= 15 is 0 Å². The number of halogens is 1. The minimum Gasteiger partial charge on any atom is -0.489 e. The summed E-state index contributed by atoms with van der Waals surface area (Å²) >= 11 is 0. The normalized spacial score (nSPS) is 31.3. The Bertz CT molecular complexity index is 858. The van der Waals surface area contributed by atoms with E-state index in [-0.39, 0.29) is 16.4 Å². The predicted molar refractivity (Wildman–Crippen MR) is 127 cm³/mol. The van der Waals surface area contributed by atoms with Crippen LogP contribution in [0.3, 0.4) is 0 Å². The molecule has 5 aliphatic rings. The van der Waals surface area contributed by atoms with Gasteiger partial charge in [-0.3, -0.25) is 4.79 Å². The quantitative estimate of drug-likeness (QED) is 0.523. The molecule has 5 fully saturated rings. The van der Waals surface area contributed by atoms with Crippen molar-refractivity contribution < 1.29 is 18.7 Å². The van der Waals surface area contributed by atoms with Gasteiger partial charge in [0.15, 0.2) is 0 Å². The van der Waals surface area contributed by atoms with Crippen LogP contribution in [0.2, 0.25) is 0 Å². The van der Waals surface area contributed by atoms with E-state index in [4.69, 9.17) is 9.47 Å². The third-order valence-corrected chi connectivity index (χ3v) is 9.38. The van der Waals surface area contributed by atoms with E-state index in [1.807, 2.05) is 19.1 Å². The molecule has 0 spiro atoms. The molecule has 0 unspecified atom stereocenters. The van der Waals surface area contributed by atoms with Gasteiger partial charge < -0.3 is 14.8 Å². The average Bonchev–Trinajstić information content (AvgIpc) is 3.67. The molecule has 1 aromatic rings. The van der Waals surface area contributed by atoms with Crippen LogP contribution in [-0.2, 0) is 14.9 Å². The molecular formula is C28H38FNO3. The van der Waals surface area contributed by atoms with Gasteiger partial charge in [-0.15, -0.1) is 0 Å². The summed E-state index contributed by atoms with van der Waals surface area (Å²) in [4.78, 5) is 13.5. The first-order chi connectivity index (χ1) is 16.0. The van der Waals surface area contributed by atoms with Gasteiger partial charge in [-0.25, -0.2) is 4.39 Å². The Morgan fingerprint density at radius 2 is 1.70 bits per heavy atom. The highest BCUT2D eigenvalue weighted by atomic mass is 19.1. The maximum Gasteiger partial charge on any atom is 0.226 e. The van der Waals surface area contributed by atoms with Crippen LogP contribution in [0, 0.1) is 11.3 Å². The largest absolute Gasteiger partial charge is 0.489 e. The first kappa shape index (κ1) is 22.9. The number of benzene rings is 1. The van der Waals surface area contributed by atoms with Gasteiger partial charge in [-0.1, -0.05) is 19.1 Å². The predicted octanol–water partition coefficient (Wildman–Crippen LogP) is 6.00. The van der Waals surface area contributed by atoms with Crippen LogP contribution in [0.4, 0.5) is 4.39 Å². The number of hydrogen-bond acceptors (Lipinski definition) is 3. The van der Waals surface area contributed by atoms with Gasteiger partial charge in [-0.2, -0.15) is 0 Å². The summed E-state index contributed by atoms with van der Waals surface area (Å²) in [6.07, 6.45) is 11.9. The van der Waals surface area contributed by atoms with Crippen LogP contribution in [0.5, 0.6) is 5.75 Å². The second-order valence-electron chi connectivity index (χ2n) is 11.0. The van der Waals surface area contributed by atoms with Crippen LogP contribution in [0.1, 0.15) is 83.1 Å².